The van der Waals surface area contributed by atoms with E-state index in [-0.39, 0.29) is 11.2 Å². The lowest BCUT2D eigenvalue weighted by Crippen LogP contribution is -2.23. The lowest BCUT2D eigenvalue weighted by molar-refractivity contribution is -0.119. The largest absolute Gasteiger partial charge is 0.497 e. The first kappa shape index (κ1) is 18.1. The fourth-order valence-corrected chi connectivity index (χ4v) is 3.58. The fraction of sp³-hybridized carbons (Fsp3) is 0.190. The highest BCUT2D eigenvalue weighted by Crippen LogP contribution is 2.28. The topological polar surface area (TPSA) is 47.6 Å². The van der Waals surface area contributed by atoms with Crippen molar-refractivity contribution in [2.75, 3.05) is 13.7 Å². The van der Waals surface area contributed by atoms with Crippen LogP contribution in [-0.4, -0.2) is 24.9 Å². The first-order chi connectivity index (χ1) is 12.5. The molecule has 0 aromatic heterocycles. The van der Waals surface area contributed by atoms with Crippen molar-refractivity contribution >= 4 is 23.2 Å². The van der Waals surface area contributed by atoms with Gasteiger partial charge in [0, 0.05) is 0 Å². The summed E-state index contributed by atoms with van der Waals surface area (Å²) in [5.74, 6) is 1.59. The van der Waals surface area contributed by atoms with Crippen LogP contribution < -0.4 is 14.8 Å². The Morgan fingerprint density at radius 1 is 1.19 bits per heavy atom. The lowest BCUT2D eigenvalue weighted by atomic mass is 10.1. The number of thioether (sulfide) groups is 1. The summed E-state index contributed by atoms with van der Waals surface area (Å²) in [6.45, 7) is 8.26. The number of rotatable bonds is 7. The Kier molecular flexibility index (Phi) is 5.68. The monoisotopic (exact) mass is 367 g/mol. The highest BCUT2D eigenvalue weighted by Gasteiger charge is 2.27. The van der Waals surface area contributed by atoms with Crippen LogP contribution in [0.3, 0.4) is 0 Å². The number of methoxy groups -OCH3 is 1. The smallest absolute Gasteiger partial charge is 0.238 e. The summed E-state index contributed by atoms with van der Waals surface area (Å²) in [4.78, 5) is 11.8. The van der Waals surface area contributed by atoms with E-state index in [1.807, 2.05) is 48.5 Å². The molecule has 3 rings (SSSR count). The van der Waals surface area contributed by atoms with Crippen LogP contribution in [0.5, 0.6) is 11.5 Å². The molecule has 2 aromatic carbocycles. The van der Waals surface area contributed by atoms with Gasteiger partial charge in [-0.15, -0.1) is 0 Å². The zero-order valence-corrected chi connectivity index (χ0v) is 15.5. The molecule has 2 aromatic rings. The van der Waals surface area contributed by atoms with Crippen LogP contribution in [0, 0.1) is 0 Å². The van der Waals surface area contributed by atoms with Gasteiger partial charge in [-0.1, -0.05) is 49.2 Å². The number of carbonyl (C=O) groups excluding carboxylic acids is 1. The van der Waals surface area contributed by atoms with Gasteiger partial charge in [0.2, 0.25) is 5.91 Å². The zero-order valence-electron chi connectivity index (χ0n) is 14.7. The molecule has 0 radical (unpaired) electrons. The highest BCUT2D eigenvalue weighted by molar-refractivity contribution is 8.04. The molecule has 0 saturated carbocycles. The van der Waals surface area contributed by atoms with Crippen molar-refractivity contribution in [2.24, 2.45) is 0 Å². The molecule has 26 heavy (non-hydrogen) atoms. The summed E-state index contributed by atoms with van der Waals surface area (Å²) in [6.07, 6.45) is 0.673. The van der Waals surface area contributed by atoms with E-state index in [1.54, 1.807) is 7.11 Å². The van der Waals surface area contributed by atoms with E-state index in [0.29, 0.717) is 13.0 Å². The minimum Gasteiger partial charge on any atom is -0.497 e. The van der Waals surface area contributed by atoms with Crippen molar-refractivity contribution in [3.8, 4) is 11.5 Å². The molecule has 1 fully saturated rings. The third-order valence-corrected chi connectivity index (χ3v) is 5.13. The molecule has 0 aliphatic carbocycles. The maximum Gasteiger partial charge on any atom is 0.238 e. The maximum atomic E-state index is 11.8. The summed E-state index contributed by atoms with van der Waals surface area (Å²) in [6, 6.07) is 15.6. The summed E-state index contributed by atoms with van der Waals surface area (Å²) >= 11 is 1.48. The first-order valence-electron chi connectivity index (χ1n) is 8.25. The van der Waals surface area contributed by atoms with Crippen LogP contribution in [0.15, 0.2) is 66.7 Å². The maximum absolute atomic E-state index is 11.8. The standard InChI is InChI=1S/C21H21NO3S/c1-14(17-5-4-6-19(12-17)24-3)13-25-18-9-7-16(8-10-18)11-20-21(23)22-15(2)26-20/h4-10,12,20H,1-2,11,13H2,3H3,(H,22,23). The molecular formula is C21H21NO3S. The molecule has 1 saturated heterocycles. The van der Waals surface area contributed by atoms with Gasteiger partial charge in [-0.25, -0.2) is 0 Å². The van der Waals surface area contributed by atoms with Gasteiger partial charge in [0.25, 0.3) is 0 Å². The molecule has 1 heterocycles. The van der Waals surface area contributed by atoms with Gasteiger partial charge in [-0.2, -0.15) is 0 Å². The van der Waals surface area contributed by atoms with Crippen LogP contribution >= 0.6 is 11.8 Å². The molecule has 1 atom stereocenters. The van der Waals surface area contributed by atoms with Gasteiger partial charge in [0.05, 0.1) is 17.4 Å². The number of carbonyl (C=O) groups is 1. The lowest BCUT2D eigenvalue weighted by Gasteiger charge is -2.11. The molecule has 134 valence electrons. The van der Waals surface area contributed by atoms with Crippen LogP contribution in [0.25, 0.3) is 5.57 Å². The van der Waals surface area contributed by atoms with Crippen LogP contribution in [0.2, 0.25) is 0 Å². The Hall–Kier alpha value is -2.66. The third kappa shape index (κ3) is 4.49. The minimum absolute atomic E-state index is 0.0231. The van der Waals surface area contributed by atoms with Gasteiger partial charge in [-0.05, 0) is 47.4 Å². The van der Waals surface area contributed by atoms with Crippen molar-refractivity contribution in [1.82, 2.24) is 5.32 Å². The van der Waals surface area contributed by atoms with Crippen LogP contribution in [0.1, 0.15) is 11.1 Å². The number of hydrogen-bond donors (Lipinski definition) is 1. The Bertz CT molecular complexity index is 829. The normalized spacial score (nSPS) is 16.3. The van der Waals surface area contributed by atoms with Gasteiger partial charge < -0.3 is 14.8 Å². The second-order valence-corrected chi connectivity index (χ2v) is 7.29. The van der Waals surface area contributed by atoms with E-state index in [0.717, 1.165) is 33.2 Å². The third-order valence-electron chi connectivity index (χ3n) is 4.08. The predicted molar refractivity (Wildman–Crippen MR) is 106 cm³/mol. The van der Waals surface area contributed by atoms with Crippen molar-refractivity contribution in [3.63, 3.8) is 0 Å². The van der Waals surface area contributed by atoms with E-state index in [4.69, 9.17) is 9.47 Å². The summed E-state index contributed by atoms with van der Waals surface area (Å²) < 4.78 is 11.1. The van der Waals surface area contributed by atoms with Crippen molar-refractivity contribution in [2.45, 2.75) is 11.7 Å². The number of nitrogens with one attached hydrogen (secondary N) is 1. The summed E-state index contributed by atoms with van der Waals surface area (Å²) in [5.41, 5.74) is 2.96. The fourth-order valence-electron chi connectivity index (χ4n) is 2.64. The van der Waals surface area contributed by atoms with E-state index in [1.165, 1.54) is 11.8 Å². The molecule has 0 spiro atoms. The number of ether oxygens (including phenoxy) is 2. The Balaban J connectivity index is 1.55. The van der Waals surface area contributed by atoms with Gasteiger partial charge in [-0.3, -0.25) is 4.79 Å². The zero-order chi connectivity index (χ0) is 18.5. The average Bonchev–Trinajstić information content (AvgIpc) is 2.97. The van der Waals surface area contributed by atoms with E-state index in [9.17, 15) is 4.79 Å². The van der Waals surface area contributed by atoms with Crippen LogP contribution in [0.4, 0.5) is 0 Å². The molecular weight excluding hydrogens is 346 g/mol. The molecule has 1 N–H and O–H groups in total. The summed E-state index contributed by atoms with van der Waals surface area (Å²) in [7, 11) is 1.64. The quantitative estimate of drug-likeness (QED) is 0.803. The molecule has 1 unspecified atom stereocenters. The number of hydrogen-bond acceptors (Lipinski definition) is 4. The second kappa shape index (κ2) is 8.15. The molecule has 5 heteroatoms. The predicted octanol–water partition coefficient (Wildman–Crippen LogP) is 4.03. The summed E-state index contributed by atoms with van der Waals surface area (Å²) in [5, 5.41) is 3.35. The molecule has 1 aliphatic heterocycles. The van der Waals surface area contributed by atoms with E-state index in [2.05, 4.69) is 18.5 Å². The van der Waals surface area contributed by atoms with Gasteiger partial charge in [0.15, 0.2) is 0 Å². The van der Waals surface area contributed by atoms with Crippen molar-refractivity contribution in [1.29, 1.82) is 0 Å². The highest BCUT2D eigenvalue weighted by atomic mass is 32.2. The SMILES string of the molecule is C=C1NC(=O)C(Cc2ccc(OCC(=C)c3cccc(OC)c3)cc2)S1. The molecule has 0 bridgehead atoms. The molecule has 4 nitrogen and oxygen atoms in total. The van der Waals surface area contributed by atoms with E-state index >= 15 is 0 Å². The van der Waals surface area contributed by atoms with Gasteiger partial charge >= 0.3 is 0 Å². The van der Waals surface area contributed by atoms with Crippen molar-refractivity contribution in [3.05, 3.63) is 77.8 Å². The number of benzene rings is 2. The Morgan fingerprint density at radius 3 is 2.62 bits per heavy atom. The average molecular weight is 367 g/mol. The van der Waals surface area contributed by atoms with Gasteiger partial charge in [0.1, 0.15) is 18.1 Å². The van der Waals surface area contributed by atoms with Crippen LogP contribution in [-0.2, 0) is 11.2 Å². The number of amides is 1. The van der Waals surface area contributed by atoms with Crippen molar-refractivity contribution < 1.29 is 14.3 Å². The minimum atomic E-state index is -0.109. The van der Waals surface area contributed by atoms with E-state index < -0.39 is 0 Å². The Labute approximate surface area is 157 Å². The second-order valence-electron chi connectivity index (χ2n) is 5.99. The molecule has 1 aliphatic rings. The first-order valence-corrected chi connectivity index (χ1v) is 9.13. The Morgan fingerprint density at radius 2 is 1.96 bits per heavy atom. The molecule has 1 amide bonds.